The second kappa shape index (κ2) is 9.00. The van der Waals surface area contributed by atoms with Crippen molar-refractivity contribution in [1.82, 2.24) is 14.7 Å². The zero-order valence-electron chi connectivity index (χ0n) is 16.2. The predicted octanol–water partition coefficient (Wildman–Crippen LogP) is 1.61. The van der Waals surface area contributed by atoms with Crippen LogP contribution < -0.4 is 4.74 Å². The van der Waals surface area contributed by atoms with Gasteiger partial charge in [0.05, 0.1) is 12.7 Å². The highest BCUT2D eigenvalue weighted by atomic mass is 16.5. The van der Waals surface area contributed by atoms with Crippen LogP contribution in [0.2, 0.25) is 0 Å². The highest BCUT2D eigenvalue weighted by molar-refractivity contribution is 5.38. The highest BCUT2D eigenvalue weighted by Gasteiger charge is 2.36. The Morgan fingerprint density at radius 3 is 2.69 bits per heavy atom. The van der Waals surface area contributed by atoms with Gasteiger partial charge in [0.1, 0.15) is 5.75 Å². The Balaban J connectivity index is 1.62. The Bertz CT molecular complexity index is 599. The number of rotatable bonds is 7. The van der Waals surface area contributed by atoms with Gasteiger partial charge < -0.3 is 14.7 Å². The SMILES string of the molecule is C=CCc1cc(CN2C[C@H](O)[C@@H](N3CCN(C)CC3)C2)ccc1OCC. The minimum Gasteiger partial charge on any atom is -0.494 e. The first-order valence-corrected chi connectivity index (χ1v) is 9.79. The summed E-state index contributed by atoms with van der Waals surface area (Å²) in [7, 11) is 2.17. The molecule has 1 N–H and O–H groups in total. The number of hydrogen-bond acceptors (Lipinski definition) is 5. The maximum atomic E-state index is 10.6. The lowest BCUT2D eigenvalue weighted by molar-refractivity contribution is 0.0512. The molecule has 0 saturated carbocycles. The van der Waals surface area contributed by atoms with Crippen LogP contribution in [0.4, 0.5) is 0 Å². The van der Waals surface area contributed by atoms with E-state index in [0.29, 0.717) is 6.61 Å². The van der Waals surface area contributed by atoms with E-state index in [1.165, 1.54) is 11.1 Å². The molecule has 5 nitrogen and oxygen atoms in total. The zero-order chi connectivity index (χ0) is 18.5. The first-order valence-electron chi connectivity index (χ1n) is 9.79. The topological polar surface area (TPSA) is 39.2 Å². The van der Waals surface area contributed by atoms with Crippen LogP contribution in [-0.4, -0.2) is 84.9 Å². The van der Waals surface area contributed by atoms with E-state index in [4.69, 9.17) is 4.74 Å². The van der Waals surface area contributed by atoms with E-state index in [0.717, 1.165) is 58.0 Å². The summed E-state index contributed by atoms with van der Waals surface area (Å²) in [5.41, 5.74) is 2.46. The summed E-state index contributed by atoms with van der Waals surface area (Å²) in [5, 5.41) is 10.6. The summed E-state index contributed by atoms with van der Waals surface area (Å²) in [5.74, 6) is 0.952. The Hall–Kier alpha value is -1.40. The number of β-amino-alcohol motifs (C(OH)–C–C–N with tert-alkyl or cyclic N) is 1. The van der Waals surface area contributed by atoms with Gasteiger partial charge in [0, 0.05) is 51.9 Å². The average Bonchev–Trinajstić information content (AvgIpc) is 2.98. The van der Waals surface area contributed by atoms with Gasteiger partial charge in [-0.1, -0.05) is 18.2 Å². The third kappa shape index (κ3) is 4.65. The third-order valence-electron chi connectivity index (χ3n) is 5.54. The van der Waals surface area contributed by atoms with Crippen LogP contribution in [0.5, 0.6) is 5.75 Å². The average molecular weight is 360 g/mol. The standard InChI is InChI=1S/C21H33N3O2/c1-4-6-18-13-17(7-8-21(18)26-5-2)14-23-15-19(20(25)16-23)24-11-9-22(3)10-12-24/h4,7-8,13,19-20,25H,1,5-6,9-12,14-16H2,2-3H3/t19-,20-/m0/s1. The largest absolute Gasteiger partial charge is 0.494 e. The number of ether oxygens (including phenoxy) is 1. The molecular weight excluding hydrogens is 326 g/mol. The molecule has 3 rings (SSSR count). The normalized spacial score (nSPS) is 25.5. The monoisotopic (exact) mass is 359 g/mol. The lowest BCUT2D eigenvalue weighted by Gasteiger charge is -2.37. The maximum absolute atomic E-state index is 10.6. The van der Waals surface area contributed by atoms with Crippen molar-refractivity contribution >= 4 is 0 Å². The van der Waals surface area contributed by atoms with Crippen molar-refractivity contribution in [3.8, 4) is 5.75 Å². The van der Waals surface area contributed by atoms with Gasteiger partial charge in [-0.2, -0.15) is 0 Å². The van der Waals surface area contributed by atoms with E-state index in [1.54, 1.807) is 0 Å². The second-order valence-corrected chi connectivity index (χ2v) is 7.54. The fourth-order valence-electron chi connectivity index (χ4n) is 4.09. The number of aliphatic hydroxyl groups is 1. The predicted molar refractivity (Wildman–Crippen MR) is 106 cm³/mol. The summed E-state index contributed by atoms with van der Waals surface area (Å²) < 4.78 is 5.72. The van der Waals surface area contributed by atoms with Gasteiger partial charge >= 0.3 is 0 Å². The number of nitrogens with zero attached hydrogens (tertiary/aromatic N) is 3. The van der Waals surface area contributed by atoms with Crippen molar-refractivity contribution in [2.24, 2.45) is 0 Å². The molecule has 2 fully saturated rings. The number of likely N-dealkylation sites (tertiary alicyclic amines) is 1. The smallest absolute Gasteiger partial charge is 0.122 e. The number of likely N-dealkylation sites (N-methyl/N-ethyl adjacent to an activating group) is 1. The number of hydrogen-bond donors (Lipinski definition) is 1. The van der Waals surface area contributed by atoms with E-state index in [2.05, 4.69) is 46.5 Å². The van der Waals surface area contributed by atoms with E-state index in [1.807, 2.05) is 13.0 Å². The minimum absolute atomic E-state index is 0.256. The summed E-state index contributed by atoms with van der Waals surface area (Å²) in [6.45, 7) is 13.4. The summed E-state index contributed by atoms with van der Waals surface area (Å²) in [6.07, 6.45) is 2.48. The van der Waals surface area contributed by atoms with Gasteiger partial charge in [-0.05, 0) is 37.6 Å². The number of piperazine rings is 1. The number of aliphatic hydroxyl groups excluding tert-OH is 1. The van der Waals surface area contributed by atoms with Crippen molar-refractivity contribution in [1.29, 1.82) is 0 Å². The highest BCUT2D eigenvalue weighted by Crippen LogP contribution is 2.24. The third-order valence-corrected chi connectivity index (χ3v) is 5.54. The molecule has 0 spiro atoms. The van der Waals surface area contributed by atoms with Crippen LogP contribution in [0.1, 0.15) is 18.1 Å². The number of benzene rings is 1. The molecule has 5 heteroatoms. The molecule has 0 amide bonds. The van der Waals surface area contributed by atoms with Gasteiger partial charge in [0.2, 0.25) is 0 Å². The van der Waals surface area contributed by atoms with Crippen LogP contribution in [0.15, 0.2) is 30.9 Å². The Morgan fingerprint density at radius 2 is 2.00 bits per heavy atom. The molecule has 0 aliphatic carbocycles. The minimum atomic E-state index is -0.256. The first-order chi connectivity index (χ1) is 12.6. The van der Waals surface area contributed by atoms with Gasteiger partial charge in [-0.3, -0.25) is 9.80 Å². The molecular formula is C21H33N3O2. The lowest BCUT2D eigenvalue weighted by atomic mass is 10.1. The van der Waals surface area contributed by atoms with E-state index in [-0.39, 0.29) is 12.1 Å². The Kier molecular flexibility index (Phi) is 6.70. The van der Waals surface area contributed by atoms with E-state index < -0.39 is 0 Å². The van der Waals surface area contributed by atoms with Crippen molar-refractivity contribution in [2.45, 2.75) is 32.0 Å². The molecule has 1 aromatic rings. The molecule has 0 unspecified atom stereocenters. The van der Waals surface area contributed by atoms with Gasteiger partial charge in [0.15, 0.2) is 0 Å². The molecule has 1 aromatic carbocycles. The van der Waals surface area contributed by atoms with Crippen LogP contribution in [0.25, 0.3) is 0 Å². The zero-order valence-corrected chi connectivity index (χ0v) is 16.2. The quantitative estimate of drug-likeness (QED) is 0.749. The molecule has 2 atom stereocenters. The molecule has 2 aliphatic rings. The first kappa shape index (κ1) is 19.4. The Labute approximate surface area is 157 Å². The van der Waals surface area contributed by atoms with Crippen LogP contribution >= 0.6 is 0 Å². The molecule has 2 heterocycles. The molecule has 0 bridgehead atoms. The van der Waals surface area contributed by atoms with Crippen LogP contribution in [-0.2, 0) is 13.0 Å². The fraction of sp³-hybridized carbons (Fsp3) is 0.619. The molecule has 144 valence electrons. The van der Waals surface area contributed by atoms with Crippen molar-refractivity contribution < 1.29 is 9.84 Å². The molecule has 0 aromatic heterocycles. The fourth-order valence-corrected chi connectivity index (χ4v) is 4.09. The van der Waals surface area contributed by atoms with Crippen molar-refractivity contribution in [2.75, 3.05) is 52.9 Å². The van der Waals surface area contributed by atoms with Crippen molar-refractivity contribution in [3.05, 3.63) is 42.0 Å². The summed E-state index contributed by atoms with van der Waals surface area (Å²) >= 11 is 0. The van der Waals surface area contributed by atoms with Gasteiger partial charge in [-0.25, -0.2) is 0 Å². The molecule has 2 saturated heterocycles. The Morgan fingerprint density at radius 1 is 1.23 bits per heavy atom. The second-order valence-electron chi connectivity index (χ2n) is 7.54. The van der Waals surface area contributed by atoms with Crippen molar-refractivity contribution in [3.63, 3.8) is 0 Å². The van der Waals surface area contributed by atoms with Crippen LogP contribution in [0, 0.1) is 0 Å². The van der Waals surface area contributed by atoms with E-state index >= 15 is 0 Å². The molecule has 2 aliphatic heterocycles. The van der Waals surface area contributed by atoms with Gasteiger partial charge in [0.25, 0.3) is 0 Å². The van der Waals surface area contributed by atoms with E-state index in [9.17, 15) is 5.11 Å². The van der Waals surface area contributed by atoms with Crippen LogP contribution in [0.3, 0.4) is 0 Å². The summed E-state index contributed by atoms with van der Waals surface area (Å²) in [6, 6.07) is 6.70. The lowest BCUT2D eigenvalue weighted by Crippen LogP contribution is -2.52. The summed E-state index contributed by atoms with van der Waals surface area (Å²) in [4.78, 5) is 7.20. The number of allylic oxidation sites excluding steroid dienone is 1. The molecule has 26 heavy (non-hydrogen) atoms. The maximum Gasteiger partial charge on any atom is 0.122 e. The van der Waals surface area contributed by atoms with Gasteiger partial charge in [-0.15, -0.1) is 6.58 Å². The molecule has 0 radical (unpaired) electrons.